The van der Waals surface area contributed by atoms with Crippen LogP contribution in [-0.4, -0.2) is 24.9 Å². The second kappa shape index (κ2) is 14.8. The quantitative estimate of drug-likeness (QED) is 0.144. The number of benzene rings is 5. The molecule has 59 heavy (non-hydrogen) atoms. The number of rotatable bonds is 9. The van der Waals surface area contributed by atoms with E-state index in [0.717, 1.165) is 70.2 Å². The fourth-order valence-electron chi connectivity index (χ4n) is 7.62. The van der Waals surface area contributed by atoms with Crippen molar-refractivity contribution in [3.63, 3.8) is 0 Å². The molecule has 0 fully saturated rings. The van der Waals surface area contributed by atoms with Gasteiger partial charge in [-0.1, -0.05) is 116 Å². The van der Waals surface area contributed by atoms with Gasteiger partial charge in [-0.15, -0.1) is 11.3 Å². The van der Waals surface area contributed by atoms with E-state index >= 15 is 0 Å². The number of fused-ring (bicyclic) bond motifs is 5. The number of allylic oxidation sites excluding steroid dienone is 2. The van der Waals surface area contributed by atoms with Crippen LogP contribution in [0.15, 0.2) is 155 Å². The fraction of sp³-hybridized carbons (Fsp3) is 0.0392. The van der Waals surface area contributed by atoms with Crippen LogP contribution < -0.4 is 0 Å². The van der Waals surface area contributed by atoms with Gasteiger partial charge >= 0.3 is 0 Å². The van der Waals surface area contributed by atoms with E-state index in [2.05, 4.69) is 49.6 Å². The van der Waals surface area contributed by atoms with Gasteiger partial charge in [-0.25, -0.2) is 24.9 Å². The summed E-state index contributed by atoms with van der Waals surface area (Å²) in [4.78, 5) is 26.6. The molecule has 5 aromatic heterocycles. The molecule has 10 rings (SSSR count). The molecule has 0 aliphatic heterocycles. The Bertz CT molecular complexity index is 3280. The van der Waals surface area contributed by atoms with Crippen LogP contribution in [0.4, 0.5) is 0 Å². The van der Waals surface area contributed by atoms with Gasteiger partial charge in [0.2, 0.25) is 0 Å². The molecule has 0 spiro atoms. The van der Waals surface area contributed by atoms with Gasteiger partial charge in [0.1, 0.15) is 28.1 Å². The summed E-state index contributed by atoms with van der Waals surface area (Å²) in [6, 6.07) is 40.2. The van der Waals surface area contributed by atoms with Crippen molar-refractivity contribution < 1.29 is 8.83 Å². The molecule has 8 heteroatoms. The minimum absolute atomic E-state index is 0.445. The SMILES string of the molecule is C=Cc1c(/C=C\C)sc2c(-c3nc(-c4ccc5oc(/C=C\C)c(C(=C)c6nc(-c7ccccc7)nc(-c7ccccc7)n6)c5c4)c4oc5ccccc5c4n3)cccc12. The van der Waals surface area contributed by atoms with Crippen molar-refractivity contribution in [3.05, 3.63) is 174 Å². The third-order valence-corrected chi connectivity index (χ3v) is 11.6. The highest BCUT2D eigenvalue weighted by Gasteiger charge is 2.24. The first-order valence-corrected chi connectivity index (χ1v) is 20.1. The first-order valence-electron chi connectivity index (χ1n) is 19.3. The van der Waals surface area contributed by atoms with Crippen LogP contribution in [0, 0.1) is 0 Å². The van der Waals surface area contributed by atoms with Gasteiger partial charge in [0.25, 0.3) is 0 Å². The highest BCUT2D eigenvalue weighted by atomic mass is 32.1. The zero-order chi connectivity index (χ0) is 40.0. The van der Waals surface area contributed by atoms with Crippen molar-refractivity contribution in [2.75, 3.05) is 0 Å². The monoisotopic (exact) mass is 781 g/mol. The predicted molar refractivity (Wildman–Crippen MR) is 244 cm³/mol. The van der Waals surface area contributed by atoms with Crippen LogP contribution in [0.1, 0.15) is 41.4 Å². The molecule has 0 unspecified atom stereocenters. The summed E-state index contributed by atoms with van der Waals surface area (Å²) in [6.07, 6.45) is 10.00. The van der Waals surface area contributed by atoms with Gasteiger partial charge in [-0.3, -0.25) is 0 Å². The van der Waals surface area contributed by atoms with Crippen molar-refractivity contribution in [2.24, 2.45) is 0 Å². The van der Waals surface area contributed by atoms with Gasteiger partial charge in [0.15, 0.2) is 28.9 Å². The average molecular weight is 782 g/mol. The molecule has 0 N–H and O–H groups in total. The smallest absolute Gasteiger partial charge is 0.180 e. The Balaban J connectivity index is 1.19. The van der Waals surface area contributed by atoms with Crippen molar-refractivity contribution in [1.82, 2.24) is 24.9 Å². The first-order chi connectivity index (χ1) is 29.0. The van der Waals surface area contributed by atoms with E-state index in [4.69, 9.17) is 33.8 Å². The van der Waals surface area contributed by atoms with E-state index < -0.39 is 0 Å². The summed E-state index contributed by atoms with van der Waals surface area (Å²) in [5.74, 6) is 2.80. The third-order valence-electron chi connectivity index (χ3n) is 10.3. The maximum absolute atomic E-state index is 6.58. The van der Waals surface area contributed by atoms with Crippen molar-refractivity contribution in [2.45, 2.75) is 13.8 Å². The molecule has 0 radical (unpaired) electrons. The summed E-state index contributed by atoms with van der Waals surface area (Å²) in [5.41, 5.74) is 9.42. The highest BCUT2D eigenvalue weighted by molar-refractivity contribution is 7.20. The molecule has 0 saturated carbocycles. The number of hydrogen-bond donors (Lipinski definition) is 0. The number of nitrogens with zero attached hydrogens (tertiary/aromatic N) is 5. The van der Waals surface area contributed by atoms with E-state index in [0.29, 0.717) is 51.5 Å². The van der Waals surface area contributed by atoms with E-state index in [1.165, 1.54) is 0 Å². The van der Waals surface area contributed by atoms with Crippen LogP contribution in [0.5, 0.6) is 0 Å². The van der Waals surface area contributed by atoms with Crippen LogP contribution in [0.25, 0.3) is 112 Å². The molecular weight excluding hydrogens is 747 g/mol. The standard InChI is InChI=1S/C51H35N5O2S/c1-5-17-41-43(30(4)48-54-49(31-19-10-8-11-20-31)56-50(55-48)32-21-12-9-13-22-32)38-29-33(27-28-40(38)57-41)44-46-45(36-23-14-15-26-39(36)58-46)53-51(52-44)37-25-16-24-35-34(7-3)42(18-6-2)59-47(35)37/h5-29H,3-4H2,1-2H3/b17-5-,18-6-. The van der Waals surface area contributed by atoms with Crippen LogP contribution in [0.2, 0.25) is 0 Å². The molecule has 5 heterocycles. The average Bonchev–Trinajstić information content (AvgIpc) is 3.97. The van der Waals surface area contributed by atoms with E-state index in [-0.39, 0.29) is 0 Å². The minimum Gasteiger partial charge on any atom is -0.456 e. The van der Waals surface area contributed by atoms with Gasteiger partial charge in [0, 0.05) is 59.1 Å². The molecule has 5 aromatic carbocycles. The third kappa shape index (κ3) is 6.18. The molecular formula is C51H35N5O2S. The zero-order valence-corrected chi connectivity index (χ0v) is 33.1. The molecule has 282 valence electrons. The van der Waals surface area contributed by atoms with E-state index in [9.17, 15) is 0 Å². The second-order valence-corrected chi connectivity index (χ2v) is 15.1. The van der Waals surface area contributed by atoms with Crippen LogP contribution in [-0.2, 0) is 0 Å². The van der Waals surface area contributed by atoms with Crippen molar-refractivity contribution in [3.8, 4) is 45.4 Å². The van der Waals surface area contributed by atoms with Crippen molar-refractivity contribution >= 4 is 78.3 Å². The lowest BCUT2D eigenvalue weighted by molar-refractivity contribution is 0.603. The lowest BCUT2D eigenvalue weighted by atomic mass is 9.99. The first kappa shape index (κ1) is 35.8. The largest absolute Gasteiger partial charge is 0.456 e. The minimum atomic E-state index is 0.445. The van der Waals surface area contributed by atoms with Crippen molar-refractivity contribution in [1.29, 1.82) is 0 Å². The lowest BCUT2D eigenvalue weighted by Gasteiger charge is -2.11. The summed E-state index contributed by atoms with van der Waals surface area (Å²) in [7, 11) is 0. The molecule has 10 aromatic rings. The van der Waals surface area contributed by atoms with E-state index in [1.54, 1.807) is 11.3 Å². The van der Waals surface area contributed by atoms with Gasteiger partial charge < -0.3 is 8.83 Å². The Morgan fingerprint density at radius 3 is 2.00 bits per heavy atom. The number of furan rings is 2. The zero-order valence-electron chi connectivity index (χ0n) is 32.3. The number of aromatic nitrogens is 5. The fourth-order valence-corrected chi connectivity index (χ4v) is 8.91. The summed E-state index contributed by atoms with van der Waals surface area (Å²) in [5, 5.41) is 2.86. The Hall–Kier alpha value is -7.55. The van der Waals surface area contributed by atoms with Gasteiger partial charge in [0.05, 0.1) is 0 Å². The summed E-state index contributed by atoms with van der Waals surface area (Å²) in [6.45, 7) is 12.7. The predicted octanol–water partition coefficient (Wildman–Crippen LogP) is 14.0. The number of thiophene rings is 1. The number of para-hydroxylation sites is 1. The molecule has 0 saturated heterocycles. The Kier molecular flexibility index (Phi) is 8.96. The van der Waals surface area contributed by atoms with Crippen LogP contribution in [0.3, 0.4) is 0 Å². The Morgan fingerprint density at radius 1 is 0.610 bits per heavy atom. The molecule has 0 aliphatic rings. The van der Waals surface area contributed by atoms with Gasteiger partial charge in [-0.05, 0) is 68.0 Å². The Labute approximate surface area is 344 Å². The van der Waals surface area contributed by atoms with Crippen LogP contribution >= 0.6 is 11.3 Å². The molecule has 0 amide bonds. The maximum Gasteiger partial charge on any atom is 0.180 e. The normalized spacial score (nSPS) is 11.9. The second-order valence-electron chi connectivity index (χ2n) is 14.0. The molecule has 0 atom stereocenters. The molecule has 7 nitrogen and oxygen atoms in total. The summed E-state index contributed by atoms with van der Waals surface area (Å²) < 4.78 is 14.2. The van der Waals surface area contributed by atoms with Gasteiger partial charge in [-0.2, -0.15) is 0 Å². The number of hydrogen-bond acceptors (Lipinski definition) is 8. The summed E-state index contributed by atoms with van der Waals surface area (Å²) >= 11 is 1.71. The molecule has 0 bridgehead atoms. The molecule has 0 aliphatic carbocycles. The topological polar surface area (TPSA) is 90.7 Å². The Morgan fingerprint density at radius 2 is 1.29 bits per heavy atom. The lowest BCUT2D eigenvalue weighted by Crippen LogP contribution is -2.03. The highest BCUT2D eigenvalue weighted by Crippen LogP contribution is 2.43. The maximum atomic E-state index is 6.58. The van der Waals surface area contributed by atoms with E-state index in [1.807, 2.05) is 129 Å².